The molecule has 1 heterocycles. The highest BCUT2D eigenvalue weighted by Gasteiger charge is 2.30. The molecule has 17 heavy (non-hydrogen) atoms. The summed E-state index contributed by atoms with van der Waals surface area (Å²) in [7, 11) is 0. The fourth-order valence-electron chi connectivity index (χ4n) is 1.93. The Balaban J connectivity index is 2.32. The van der Waals surface area contributed by atoms with Crippen molar-refractivity contribution in [2.45, 2.75) is 6.42 Å². The molecule has 0 saturated carbocycles. The number of nitrogens with zero attached hydrogens (tertiary/aromatic N) is 2. The zero-order valence-corrected chi connectivity index (χ0v) is 11.3. The summed E-state index contributed by atoms with van der Waals surface area (Å²) in [6, 6.07) is 7.37. The van der Waals surface area contributed by atoms with Gasteiger partial charge in [0.05, 0.1) is 11.6 Å². The highest BCUT2D eigenvalue weighted by Crippen LogP contribution is 2.29. The first-order valence-electron chi connectivity index (χ1n) is 5.21. The maximum Gasteiger partial charge on any atom is 0.227 e. The van der Waals surface area contributed by atoms with Crippen LogP contribution in [0.1, 0.15) is 12.0 Å². The van der Waals surface area contributed by atoms with Crippen molar-refractivity contribution in [2.24, 2.45) is 5.92 Å². The summed E-state index contributed by atoms with van der Waals surface area (Å²) in [6.07, 6.45) is 0.484. The average Bonchev–Trinajstić information content (AvgIpc) is 2.69. The summed E-state index contributed by atoms with van der Waals surface area (Å²) < 4.78 is 0.800. The van der Waals surface area contributed by atoms with Gasteiger partial charge in [-0.1, -0.05) is 15.9 Å². The molecule has 5 heteroatoms. The van der Waals surface area contributed by atoms with Gasteiger partial charge >= 0.3 is 0 Å². The van der Waals surface area contributed by atoms with Gasteiger partial charge in [-0.25, -0.2) is 0 Å². The molecule has 2 rings (SSSR count). The predicted octanol–water partition coefficient (Wildman–Crippen LogP) is 2.91. The van der Waals surface area contributed by atoms with E-state index >= 15 is 0 Å². The van der Waals surface area contributed by atoms with E-state index in [1.807, 2.05) is 6.07 Å². The third kappa shape index (κ3) is 2.62. The third-order valence-corrected chi connectivity index (χ3v) is 3.64. The van der Waals surface area contributed by atoms with E-state index in [0.29, 0.717) is 24.4 Å². The lowest BCUT2D eigenvalue weighted by Crippen LogP contribution is -2.24. The van der Waals surface area contributed by atoms with Gasteiger partial charge in [-0.2, -0.15) is 5.26 Å². The number of halogens is 2. The van der Waals surface area contributed by atoms with E-state index in [0.717, 1.165) is 10.2 Å². The Hall–Kier alpha value is -1.05. The van der Waals surface area contributed by atoms with Crippen molar-refractivity contribution in [3.8, 4) is 6.07 Å². The largest absolute Gasteiger partial charge is 0.312 e. The number of nitriles is 1. The Kier molecular flexibility index (Phi) is 3.70. The van der Waals surface area contributed by atoms with E-state index in [-0.39, 0.29) is 11.8 Å². The van der Waals surface area contributed by atoms with E-state index in [4.69, 9.17) is 16.9 Å². The summed E-state index contributed by atoms with van der Waals surface area (Å²) >= 11 is 9.11. The van der Waals surface area contributed by atoms with Crippen LogP contribution in [0, 0.1) is 17.2 Å². The fourth-order valence-corrected chi connectivity index (χ4v) is 2.62. The smallest absolute Gasteiger partial charge is 0.227 e. The summed E-state index contributed by atoms with van der Waals surface area (Å²) in [4.78, 5) is 13.5. The van der Waals surface area contributed by atoms with Crippen LogP contribution < -0.4 is 4.90 Å². The molecule has 0 aliphatic carbocycles. The van der Waals surface area contributed by atoms with Crippen molar-refractivity contribution in [3.05, 3.63) is 28.2 Å². The van der Waals surface area contributed by atoms with Crippen molar-refractivity contribution < 1.29 is 4.79 Å². The minimum Gasteiger partial charge on any atom is -0.312 e. The number of hydrogen-bond donors (Lipinski definition) is 0. The lowest BCUT2D eigenvalue weighted by atomic mass is 10.1. The number of rotatable bonds is 2. The summed E-state index contributed by atoms with van der Waals surface area (Å²) in [6.45, 7) is 0.629. The quantitative estimate of drug-likeness (QED) is 0.788. The standard InChI is InChI=1S/C12H10BrClN2O/c13-10-1-8(6-15)2-11(4-10)16-7-9(5-14)3-12(16)17/h1-2,4,9H,3,5,7H2. The van der Waals surface area contributed by atoms with Crippen LogP contribution in [0.2, 0.25) is 0 Å². The van der Waals surface area contributed by atoms with Gasteiger partial charge < -0.3 is 4.90 Å². The molecule has 1 aliphatic rings. The van der Waals surface area contributed by atoms with Crippen LogP contribution in [-0.2, 0) is 4.79 Å². The molecule has 1 aromatic rings. The SMILES string of the molecule is N#Cc1cc(Br)cc(N2CC(CCl)CC2=O)c1. The van der Waals surface area contributed by atoms with Crippen molar-refractivity contribution >= 4 is 39.1 Å². The fraction of sp³-hybridized carbons (Fsp3) is 0.333. The minimum absolute atomic E-state index is 0.0673. The van der Waals surface area contributed by atoms with Crippen molar-refractivity contribution in [1.82, 2.24) is 0 Å². The molecule has 3 nitrogen and oxygen atoms in total. The van der Waals surface area contributed by atoms with Crippen LogP contribution in [0.4, 0.5) is 5.69 Å². The first kappa shape index (κ1) is 12.4. The molecule has 0 spiro atoms. The van der Waals surface area contributed by atoms with Gasteiger partial charge in [0, 0.05) is 29.0 Å². The van der Waals surface area contributed by atoms with Crippen molar-refractivity contribution in [3.63, 3.8) is 0 Å². The second kappa shape index (κ2) is 5.07. The van der Waals surface area contributed by atoms with Crippen LogP contribution in [0.25, 0.3) is 0 Å². The molecule has 1 fully saturated rings. The van der Waals surface area contributed by atoms with E-state index in [2.05, 4.69) is 22.0 Å². The molecule has 0 bridgehead atoms. The van der Waals surface area contributed by atoms with Crippen LogP contribution in [0.5, 0.6) is 0 Å². The van der Waals surface area contributed by atoms with Crippen molar-refractivity contribution in [1.29, 1.82) is 5.26 Å². The molecule has 1 unspecified atom stereocenters. The lowest BCUT2D eigenvalue weighted by Gasteiger charge is -2.17. The number of carbonyl (C=O) groups excluding carboxylic acids is 1. The molecule has 1 aliphatic heterocycles. The number of benzene rings is 1. The van der Waals surface area contributed by atoms with Crippen LogP contribution in [0.15, 0.2) is 22.7 Å². The third-order valence-electron chi connectivity index (χ3n) is 2.75. The van der Waals surface area contributed by atoms with Gasteiger partial charge in [-0.3, -0.25) is 4.79 Å². The number of amides is 1. The van der Waals surface area contributed by atoms with Gasteiger partial charge in [0.25, 0.3) is 0 Å². The average molecular weight is 314 g/mol. The molecule has 88 valence electrons. The summed E-state index contributed by atoms with van der Waals surface area (Å²) in [5, 5.41) is 8.90. The van der Waals surface area contributed by atoms with Crippen molar-refractivity contribution in [2.75, 3.05) is 17.3 Å². The summed E-state index contributed by atoms with van der Waals surface area (Å²) in [5.74, 6) is 0.757. The molecular formula is C12H10BrClN2O. The molecule has 0 radical (unpaired) electrons. The highest BCUT2D eigenvalue weighted by molar-refractivity contribution is 9.10. The van der Waals surface area contributed by atoms with Gasteiger partial charge in [0.15, 0.2) is 0 Å². The van der Waals surface area contributed by atoms with E-state index in [1.165, 1.54) is 0 Å². The Bertz CT molecular complexity index is 498. The molecule has 0 N–H and O–H groups in total. The molecule has 1 atom stereocenters. The van der Waals surface area contributed by atoms with Gasteiger partial charge in [0.1, 0.15) is 0 Å². The Morgan fingerprint density at radius 2 is 2.29 bits per heavy atom. The molecule has 1 aromatic carbocycles. The zero-order valence-electron chi connectivity index (χ0n) is 8.99. The first-order valence-corrected chi connectivity index (χ1v) is 6.54. The predicted molar refractivity (Wildman–Crippen MR) is 70.0 cm³/mol. The minimum atomic E-state index is 0.0673. The number of hydrogen-bond acceptors (Lipinski definition) is 2. The van der Waals surface area contributed by atoms with E-state index in [1.54, 1.807) is 17.0 Å². The molecule has 0 aromatic heterocycles. The van der Waals surface area contributed by atoms with Gasteiger partial charge in [-0.15, -0.1) is 11.6 Å². The maximum atomic E-state index is 11.8. The Morgan fingerprint density at radius 3 is 2.88 bits per heavy atom. The maximum absolute atomic E-state index is 11.8. The highest BCUT2D eigenvalue weighted by atomic mass is 79.9. The topological polar surface area (TPSA) is 44.1 Å². The second-order valence-electron chi connectivity index (χ2n) is 4.04. The molecule has 1 amide bonds. The zero-order chi connectivity index (χ0) is 12.4. The Labute approximate surface area is 113 Å². The molecule has 1 saturated heterocycles. The second-order valence-corrected chi connectivity index (χ2v) is 5.26. The normalized spacial score (nSPS) is 19.5. The van der Waals surface area contributed by atoms with E-state index < -0.39 is 0 Å². The van der Waals surface area contributed by atoms with Crippen LogP contribution >= 0.6 is 27.5 Å². The van der Waals surface area contributed by atoms with Gasteiger partial charge in [-0.05, 0) is 24.1 Å². The monoisotopic (exact) mass is 312 g/mol. The van der Waals surface area contributed by atoms with Gasteiger partial charge in [0.2, 0.25) is 5.91 Å². The lowest BCUT2D eigenvalue weighted by molar-refractivity contribution is -0.117. The van der Waals surface area contributed by atoms with Crippen LogP contribution in [-0.4, -0.2) is 18.3 Å². The molecular weight excluding hydrogens is 304 g/mol. The van der Waals surface area contributed by atoms with E-state index in [9.17, 15) is 4.79 Å². The number of anilines is 1. The van der Waals surface area contributed by atoms with Crippen LogP contribution in [0.3, 0.4) is 0 Å². The Morgan fingerprint density at radius 1 is 1.53 bits per heavy atom. The summed E-state index contributed by atoms with van der Waals surface area (Å²) in [5.41, 5.74) is 1.30. The number of alkyl halides is 1. The number of carbonyl (C=O) groups is 1. The first-order chi connectivity index (χ1) is 8.13.